The van der Waals surface area contributed by atoms with Gasteiger partial charge < -0.3 is 15.5 Å². The van der Waals surface area contributed by atoms with Gasteiger partial charge >= 0.3 is 0 Å². The Morgan fingerprint density at radius 3 is 2.31 bits per heavy atom. The third-order valence-corrected chi connectivity index (χ3v) is 4.56. The van der Waals surface area contributed by atoms with Gasteiger partial charge in [-0.2, -0.15) is 0 Å². The third-order valence-electron chi connectivity index (χ3n) is 4.56. The molecule has 0 bridgehead atoms. The lowest BCUT2D eigenvalue weighted by Crippen LogP contribution is -2.42. The minimum atomic E-state index is -0.561. The Kier molecular flexibility index (Phi) is 8.54. The molecule has 1 aliphatic carbocycles. The molecular formula is C21H24ClF2N3O2. The number of para-hydroxylation sites is 1. The molecule has 0 unspecified atom stereocenters. The number of nitrogens with zero attached hydrogens (tertiary/aromatic N) is 1. The Morgan fingerprint density at radius 1 is 1.00 bits per heavy atom. The summed E-state index contributed by atoms with van der Waals surface area (Å²) in [5.74, 6) is -1.25. The van der Waals surface area contributed by atoms with Crippen LogP contribution >= 0.6 is 12.4 Å². The second kappa shape index (κ2) is 10.9. The van der Waals surface area contributed by atoms with Crippen LogP contribution in [0.25, 0.3) is 0 Å². The van der Waals surface area contributed by atoms with Crippen molar-refractivity contribution >= 4 is 29.9 Å². The quantitative estimate of drug-likeness (QED) is 0.650. The standard InChI is InChI=1S/C21H23F2N3O2.ClH/c22-17-6-2-1-5-16(17)13-26(21(28)12-24-11-15-9-10-15)14-20(27)25-19-8-4-3-7-18(19)23;/h1-8,15,24H,9-14H2,(H,25,27);1H. The summed E-state index contributed by atoms with van der Waals surface area (Å²) >= 11 is 0. The van der Waals surface area contributed by atoms with E-state index in [4.69, 9.17) is 0 Å². The first kappa shape index (κ1) is 22.8. The molecule has 0 spiro atoms. The summed E-state index contributed by atoms with van der Waals surface area (Å²) in [4.78, 5) is 26.2. The minimum Gasteiger partial charge on any atom is -0.328 e. The van der Waals surface area contributed by atoms with Gasteiger partial charge in [-0.3, -0.25) is 9.59 Å². The van der Waals surface area contributed by atoms with E-state index in [2.05, 4.69) is 10.6 Å². The van der Waals surface area contributed by atoms with Crippen molar-refractivity contribution < 1.29 is 18.4 Å². The molecule has 156 valence electrons. The topological polar surface area (TPSA) is 61.4 Å². The van der Waals surface area contributed by atoms with Crippen LogP contribution in [0.4, 0.5) is 14.5 Å². The smallest absolute Gasteiger partial charge is 0.244 e. The first-order chi connectivity index (χ1) is 13.5. The molecule has 8 heteroatoms. The molecule has 2 aromatic carbocycles. The van der Waals surface area contributed by atoms with Gasteiger partial charge in [-0.15, -0.1) is 12.4 Å². The Labute approximate surface area is 174 Å². The summed E-state index contributed by atoms with van der Waals surface area (Å²) in [7, 11) is 0. The molecule has 3 rings (SSSR count). The number of anilines is 1. The predicted octanol–water partition coefficient (Wildman–Crippen LogP) is 3.35. The third kappa shape index (κ3) is 7.11. The van der Waals surface area contributed by atoms with Gasteiger partial charge in [0.1, 0.15) is 18.2 Å². The summed E-state index contributed by atoms with van der Waals surface area (Å²) in [5.41, 5.74) is 0.356. The van der Waals surface area contributed by atoms with E-state index >= 15 is 0 Å². The fourth-order valence-corrected chi connectivity index (χ4v) is 2.81. The van der Waals surface area contributed by atoms with Crippen LogP contribution in [0.2, 0.25) is 0 Å². The Hall–Kier alpha value is -2.51. The Morgan fingerprint density at radius 2 is 1.66 bits per heavy atom. The van der Waals surface area contributed by atoms with E-state index in [1.54, 1.807) is 24.3 Å². The molecule has 0 radical (unpaired) electrons. The van der Waals surface area contributed by atoms with Gasteiger partial charge in [0.25, 0.3) is 0 Å². The van der Waals surface area contributed by atoms with E-state index < -0.39 is 17.5 Å². The van der Waals surface area contributed by atoms with E-state index in [1.165, 1.54) is 29.2 Å². The number of hydrogen-bond donors (Lipinski definition) is 2. The maximum atomic E-state index is 14.0. The second-order valence-corrected chi connectivity index (χ2v) is 6.94. The first-order valence-corrected chi connectivity index (χ1v) is 9.29. The number of nitrogens with one attached hydrogen (secondary N) is 2. The summed E-state index contributed by atoms with van der Waals surface area (Å²) in [5, 5.41) is 5.54. The number of rotatable bonds is 9. The van der Waals surface area contributed by atoms with Crippen LogP contribution < -0.4 is 10.6 Å². The van der Waals surface area contributed by atoms with Gasteiger partial charge in [-0.25, -0.2) is 8.78 Å². The fraction of sp³-hybridized carbons (Fsp3) is 0.333. The highest BCUT2D eigenvalue weighted by Crippen LogP contribution is 2.27. The molecule has 0 aliphatic heterocycles. The first-order valence-electron chi connectivity index (χ1n) is 9.29. The van der Waals surface area contributed by atoms with Gasteiger partial charge in [0.05, 0.1) is 12.2 Å². The van der Waals surface area contributed by atoms with Crippen LogP contribution in [0.1, 0.15) is 18.4 Å². The lowest BCUT2D eigenvalue weighted by Gasteiger charge is -2.23. The number of carbonyl (C=O) groups is 2. The Balaban J connectivity index is 0.00000300. The van der Waals surface area contributed by atoms with Crippen LogP contribution in [0.15, 0.2) is 48.5 Å². The van der Waals surface area contributed by atoms with Gasteiger partial charge in [-0.1, -0.05) is 30.3 Å². The summed E-state index contributed by atoms with van der Waals surface area (Å²) in [6.45, 7) is 0.479. The predicted molar refractivity (Wildman–Crippen MR) is 110 cm³/mol. The molecule has 1 fully saturated rings. The SMILES string of the molecule is Cl.O=C(CN(Cc1ccccc1F)C(=O)CNCC1CC1)Nc1ccccc1F. The van der Waals surface area contributed by atoms with Crippen LogP contribution in [-0.2, 0) is 16.1 Å². The van der Waals surface area contributed by atoms with Crippen LogP contribution in [0.5, 0.6) is 0 Å². The zero-order valence-electron chi connectivity index (χ0n) is 15.9. The molecule has 0 heterocycles. The van der Waals surface area contributed by atoms with Crippen LogP contribution in [0.3, 0.4) is 0 Å². The van der Waals surface area contributed by atoms with Crippen molar-refractivity contribution in [3.8, 4) is 0 Å². The van der Waals surface area contributed by atoms with E-state index in [0.29, 0.717) is 11.5 Å². The molecule has 1 aliphatic rings. The van der Waals surface area contributed by atoms with Crippen molar-refractivity contribution in [3.63, 3.8) is 0 Å². The molecule has 2 aromatic rings. The van der Waals surface area contributed by atoms with Crippen LogP contribution in [0, 0.1) is 17.6 Å². The summed E-state index contributed by atoms with van der Waals surface area (Å²) < 4.78 is 27.8. The lowest BCUT2D eigenvalue weighted by molar-refractivity contribution is -0.134. The van der Waals surface area contributed by atoms with Gasteiger partial charge in [-0.05, 0) is 43.5 Å². The highest BCUT2D eigenvalue weighted by molar-refractivity contribution is 5.94. The minimum absolute atomic E-state index is 0. The molecule has 5 nitrogen and oxygen atoms in total. The van der Waals surface area contributed by atoms with Gasteiger partial charge in [0, 0.05) is 12.1 Å². The molecule has 0 atom stereocenters. The van der Waals surface area contributed by atoms with E-state index in [1.807, 2.05) is 0 Å². The number of carbonyl (C=O) groups excluding carboxylic acids is 2. The molecular weight excluding hydrogens is 400 g/mol. The summed E-state index contributed by atoms with van der Waals surface area (Å²) in [6, 6.07) is 11.9. The average Bonchev–Trinajstić information content (AvgIpc) is 3.49. The van der Waals surface area contributed by atoms with Crippen molar-refractivity contribution in [2.45, 2.75) is 19.4 Å². The number of benzene rings is 2. The molecule has 2 N–H and O–H groups in total. The maximum absolute atomic E-state index is 14.0. The lowest BCUT2D eigenvalue weighted by atomic mass is 10.2. The number of amides is 2. The van der Waals surface area contributed by atoms with E-state index in [0.717, 1.165) is 19.4 Å². The molecule has 0 aromatic heterocycles. The largest absolute Gasteiger partial charge is 0.328 e. The molecule has 1 saturated carbocycles. The fourth-order valence-electron chi connectivity index (χ4n) is 2.81. The zero-order valence-corrected chi connectivity index (χ0v) is 16.7. The van der Waals surface area contributed by atoms with Crippen molar-refractivity contribution in [1.29, 1.82) is 0 Å². The van der Waals surface area contributed by atoms with Gasteiger partial charge in [0.2, 0.25) is 11.8 Å². The zero-order chi connectivity index (χ0) is 19.9. The number of hydrogen-bond acceptors (Lipinski definition) is 3. The average molecular weight is 424 g/mol. The maximum Gasteiger partial charge on any atom is 0.244 e. The van der Waals surface area contributed by atoms with Crippen molar-refractivity contribution in [3.05, 3.63) is 65.7 Å². The van der Waals surface area contributed by atoms with Crippen molar-refractivity contribution in [1.82, 2.24) is 10.2 Å². The Bertz CT molecular complexity index is 846. The van der Waals surface area contributed by atoms with E-state index in [-0.39, 0.29) is 43.6 Å². The van der Waals surface area contributed by atoms with Crippen molar-refractivity contribution in [2.75, 3.05) is 25.0 Å². The monoisotopic (exact) mass is 423 g/mol. The van der Waals surface area contributed by atoms with Gasteiger partial charge in [0.15, 0.2) is 0 Å². The van der Waals surface area contributed by atoms with Crippen LogP contribution in [-0.4, -0.2) is 36.3 Å². The second-order valence-electron chi connectivity index (χ2n) is 6.94. The molecule has 29 heavy (non-hydrogen) atoms. The number of halogens is 3. The highest BCUT2D eigenvalue weighted by Gasteiger charge is 2.23. The molecule has 0 saturated heterocycles. The highest BCUT2D eigenvalue weighted by atomic mass is 35.5. The molecule has 2 amide bonds. The summed E-state index contributed by atoms with van der Waals surface area (Å²) in [6.07, 6.45) is 2.32. The normalized spacial score (nSPS) is 12.8. The van der Waals surface area contributed by atoms with E-state index in [9.17, 15) is 18.4 Å². The van der Waals surface area contributed by atoms with Crippen molar-refractivity contribution in [2.24, 2.45) is 5.92 Å².